The average molecular weight is 219 g/mol. The summed E-state index contributed by atoms with van der Waals surface area (Å²) in [6.07, 6.45) is 19.5. The van der Waals surface area contributed by atoms with E-state index in [4.69, 9.17) is 6.58 Å². The van der Waals surface area contributed by atoms with Gasteiger partial charge in [-0.2, -0.15) is 0 Å². The smallest absolute Gasteiger partial charge is 0.0126 e. The van der Waals surface area contributed by atoms with Crippen molar-refractivity contribution in [2.75, 3.05) is 0 Å². The second-order valence-corrected chi connectivity index (χ2v) is 4.33. The molecule has 0 nitrogen and oxygen atoms in total. The van der Waals surface area contributed by atoms with Gasteiger partial charge in [-0.1, -0.05) is 44.8 Å². The van der Waals surface area contributed by atoms with Crippen LogP contribution >= 0.6 is 0 Å². The van der Waals surface area contributed by atoms with Gasteiger partial charge in [0.2, 0.25) is 0 Å². The molecule has 0 bridgehead atoms. The zero-order chi connectivity index (χ0) is 11.9. The Morgan fingerprint density at radius 3 is 2.00 bits per heavy atom. The SMILES string of the molecule is [CH]=C=CCCCCC=CCCCCCCC. The molecule has 16 heavy (non-hydrogen) atoms. The molecule has 0 saturated carbocycles. The number of hydrogen-bond acceptors (Lipinski definition) is 0. The summed E-state index contributed by atoms with van der Waals surface area (Å²) in [7, 11) is 0. The molecule has 0 heterocycles. The van der Waals surface area contributed by atoms with E-state index in [0.29, 0.717) is 0 Å². The zero-order valence-corrected chi connectivity index (χ0v) is 10.9. The van der Waals surface area contributed by atoms with Crippen LogP contribution in [0, 0.1) is 6.58 Å². The van der Waals surface area contributed by atoms with Gasteiger partial charge in [-0.05, 0) is 51.2 Å². The second kappa shape index (κ2) is 14.3. The monoisotopic (exact) mass is 219 g/mol. The van der Waals surface area contributed by atoms with Crippen LogP contribution in [0.5, 0.6) is 0 Å². The minimum Gasteiger partial charge on any atom is -0.125 e. The van der Waals surface area contributed by atoms with Crippen molar-refractivity contribution in [3.05, 3.63) is 30.5 Å². The molecular formula is C16H27. The first-order valence-electron chi connectivity index (χ1n) is 6.84. The van der Waals surface area contributed by atoms with Gasteiger partial charge in [0.05, 0.1) is 0 Å². The standard InChI is InChI=1S/C16H27/c1-3-5-7-9-11-13-15-16-14-12-10-8-6-4-2/h1,5,15-16H,4,6-14H2,2H3. The Morgan fingerprint density at radius 1 is 0.812 bits per heavy atom. The second-order valence-electron chi connectivity index (χ2n) is 4.33. The van der Waals surface area contributed by atoms with Crippen molar-refractivity contribution in [2.45, 2.75) is 71.1 Å². The maximum absolute atomic E-state index is 5.14. The molecular weight excluding hydrogens is 192 g/mol. The molecule has 0 aromatic rings. The molecule has 0 rings (SSSR count). The summed E-state index contributed by atoms with van der Waals surface area (Å²) in [4.78, 5) is 0. The van der Waals surface area contributed by atoms with Crippen LogP contribution in [0.1, 0.15) is 71.1 Å². The number of rotatable bonds is 11. The molecule has 0 heteroatoms. The Bertz CT molecular complexity index is 194. The van der Waals surface area contributed by atoms with Crippen LogP contribution < -0.4 is 0 Å². The Hall–Kier alpha value is -0.740. The lowest BCUT2D eigenvalue weighted by Gasteiger charge is -1.96. The molecule has 0 aliphatic heterocycles. The van der Waals surface area contributed by atoms with E-state index in [2.05, 4.69) is 24.8 Å². The van der Waals surface area contributed by atoms with Gasteiger partial charge in [0.15, 0.2) is 0 Å². The first-order valence-corrected chi connectivity index (χ1v) is 6.84. The highest BCUT2D eigenvalue weighted by Gasteiger charge is 1.87. The molecule has 0 aromatic carbocycles. The first-order chi connectivity index (χ1) is 7.91. The Kier molecular flexibility index (Phi) is 13.6. The fourth-order valence-electron chi connectivity index (χ4n) is 1.69. The Morgan fingerprint density at radius 2 is 1.38 bits per heavy atom. The largest absolute Gasteiger partial charge is 0.125 e. The maximum atomic E-state index is 5.14. The molecule has 91 valence electrons. The first kappa shape index (κ1) is 15.3. The third-order valence-electron chi connectivity index (χ3n) is 2.73. The van der Waals surface area contributed by atoms with E-state index in [1.165, 1.54) is 57.8 Å². The van der Waals surface area contributed by atoms with Crippen LogP contribution in [0.25, 0.3) is 0 Å². The Labute approximate surface area is 102 Å². The third kappa shape index (κ3) is 13.3. The summed E-state index contributed by atoms with van der Waals surface area (Å²) in [5.74, 6) is 0. The fraction of sp³-hybridized carbons (Fsp3) is 0.688. The van der Waals surface area contributed by atoms with Gasteiger partial charge < -0.3 is 0 Å². The predicted molar refractivity (Wildman–Crippen MR) is 73.4 cm³/mol. The molecule has 0 aromatic heterocycles. The van der Waals surface area contributed by atoms with E-state index in [0.717, 1.165) is 6.42 Å². The molecule has 1 radical (unpaired) electrons. The van der Waals surface area contributed by atoms with Crippen molar-refractivity contribution >= 4 is 0 Å². The van der Waals surface area contributed by atoms with Crippen molar-refractivity contribution in [3.8, 4) is 0 Å². The van der Waals surface area contributed by atoms with Gasteiger partial charge in [0, 0.05) is 0 Å². The topological polar surface area (TPSA) is 0 Å². The number of unbranched alkanes of at least 4 members (excludes halogenated alkanes) is 8. The summed E-state index contributed by atoms with van der Waals surface area (Å²) < 4.78 is 0. The molecule has 0 saturated heterocycles. The summed E-state index contributed by atoms with van der Waals surface area (Å²) in [6.45, 7) is 7.40. The lowest BCUT2D eigenvalue weighted by Crippen LogP contribution is -1.76. The third-order valence-corrected chi connectivity index (χ3v) is 2.73. The summed E-state index contributed by atoms with van der Waals surface area (Å²) >= 11 is 0. The van der Waals surface area contributed by atoms with Crippen LogP contribution in [-0.4, -0.2) is 0 Å². The number of allylic oxidation sites excluding steroid dienone is 3. The van der Waals surface area contributed by atoms with E-state index < -0.39 is 0 Å². The Balaban J connectivity index is 3.07. The van der Waals surface area contributed by atoms with Gasteiger partial charge in [-0.3, -0.25) is 0 Å². The van der Waals surface area contributed by atoms with E-state index >= 15 is 0 Å². The minimum absolute atomic E-state index is 1.07. The highest BCUT2D eigenvalue weighted by atomic mass is 13.9. The molecule has 0 aliphatic carbocycles. The van der Waals surface area contributed by atoms with E-state index in [9.17, 15) is 0 Å². The summed E-state index contributed by atoms with van der Waals surface area (Å²) in [5, 5.41) is 0. The van der Waals surface area contributed by atoms with Crippen molar-refractivity contribution in [1.82, 2.24) is 0 Å². The highest BCUT2D eigenvalue weighted by Crippen LogP contribution is 2.06. The van der Waals surface area contributed by atoms with Crippen LogP contribution in [0.2, 0.25) is 0 Å². The van der Waals surface area contributed by atoms with E-state index in [-0.39, 0.29) is 0 Å². The zero-order valence-electron chi connectivity index (χ0n) is 10.9. The van der Waals surface area contributed by atoms with Gasteiger partial charge in [-0.15, -0.1) is 5.73 Å². The molecule has 0 N–H and O–H groups in total. The van der Waals surface area contributed by atoms with Crippen LogP contribution in [0.4, 0.5) is 0 Å². The van der Waals surface area contributed by atoms with Crippen molar-refractivity contribution in [1.29, 1.82) is 0 Å². The van der Waals surface area contributed by atoms with Gasteiger partial charge in [0.1, 0.15) is 0 Å². The molecule has 0 unspecified atom stereocenters. The molecule has 0 atom stereocenters. The molecule has 0 spiro atoms. The summed E-state index contributed by atoms with van der Waals surface area (Å²) in [6, 6.07) is 0. The van der Waals surface area contributed by atoms with Gasteiger partial charge in [-0.25, -0.2) is 0 Å². The van der Waals surface area contributed by atoms with Crippen molar-refractivity contribution < 1.29 is 0 Å². The van der Waals surface area contributed by atoms with Crippen LogP contribution in [-0.2, 0) is 0 Å². The lowest BCUT2D eigenvalue weighted by atomic mass is 10.1. The van der Waals surface area contributed by atoms with Crippen molar-refractivity contribution in [2.24, 2.45) is 0 Å². The van der Waals surface area contributed by atoms with E-state index in [1.54, 1.807) is 0 Å². The minimum atomic E-state index is 1.07. The molecule has 0 amide bonds. The molecule has 0 fully saturated rings. The van der Waals surface area contributed by atoms with Crippen molar-refractivity contribution in [3.63, 3.8) is 0 Å². The summed E-state index contributed by atoms with van der Waals surface area (Å²) in [5.41, 5.74) is 2.56. The quantitative estimate of drug-likeness (QED) is 0.241. The maximum Gasteiger partial charge on any atom is -0.0126 e. The van der Waals surface area contributed by atoms with Gasteiger partial charge >= 0.3 is 0 Å². The highest BCUT2D eigenvalue weighted by molar-refractivity contribution is 4.82. The van der Waals surface area contributed by atoms with E-state index in [1.807, 2.05) is 6.08 Å². The van der Waals surface area contributed by atoms with Crippen LogP contribution in [0.15, 0.2) is 24.0 Å². The number of hydrogen-bond donors (Lipinski definition) is 0. The lowest BCUT2D eigenvalue weighted by molar-refractivity contribution is 0.636. The van der Waals surface area contributed by atoms with Crippen LogP contribution in [0.3, 0.4) is 0 Å². The molecule has 0 aliphatic rings. The fourth-order valence-corrected chi connectivity index (χ4v) is 1.69. The van der Waals surface area contributed by atoms with Gasteiger partial charge in [0.25, 0.3) is 0 Å². The normalized spacial score (nSPS) is 10.6. The average Bonchev–Trinajstić information content (AvgIpc) is 2.31. The predicted octanol–water partition coefficient (Wildman–Crippen LogP) is 5.61.